The third-order valence-corrected chi connectivity index (χ3v) is 12.0. The van der Waals surface area contributed by atoms with Gasteiger partial charge in [0.1, 0.15) is 0 Å². The molecule has 0 N–H and O–H groups in total. The third-order valence-electron chi connectivity index (χ3n) is 6.11. The van der Waals surface area contributed by atoms with Crippen molar-refractivity contribution in [1.82, 2.24) is 0 Å². The van der Waals surface area contributed by atoms with Crippen LogP contribution < -0.4 is 0 Å². The smallest absolute Gasteiger partial charge is 0.241 e. The molecule has 2 aromatic rings. The Labute approximate surface area is 191 Å². The minimum atomic E-state index is -2.01. The summed E-state index contributed by atoms with van der Waals surface area (Å²) in [5.41, 5.74) is 6.18. The molecule has 2 atom stereocenters. The molecule has 0 saturated carbocycles. The minimum absolute atomic E-state index is 0.334. The van der Waals surface area contributed by atoms with Crippen molar-refractivity contribution >= 4 is 36.9 Å². The van der Waals surface area contributed by atoms with E-state index in [0.717, 1.165) is 0 Å². The first-order valence-corrected chi connectivity index (χ1v) is 21.3. The zero-order valence-electron chi connectivity index (χ0n) is 20.2. The zero-order chi connectivity index (χ0) is 22.6. The Morgan fingerprint density at radius 1 is 0.548 bits per heavy atom. The molecule has 0 spiro atoms. The van der Waals surface area contributed by atoms with E-state index >= 15 is 0 Å². The van der Waals surface area contributed by atoms with E-state index in [1.165, 1.54) is 33.8 Å². The van der Waals surface area contributed by atoms with Crippen molar-refractivity contribution in [1.29, 1.82) is 0 Å². The normalized spacial score (nSPS) is 20.6. The maximum atomic E-state index is 6.75. The first kappa shape index (κ1) is 22.4. The van der Waals surface area contributed by atoms with Gasteiger partial charge in [-0.1, -0.05) is 61.6 Å². The maximum Gasteiger partial charge on any atom is 0.241 e. The van der Waals surface area contributed by atoms with Crippen molar-refractivity contribution in [2.45, 2.75) is 63.5 Å². The molecule has 164 valence electrons. The highest BCUT2D eigenvalue weighted by Gasteiger charge is 2.50. The lowest BCUT2D eigenvalue weighted by atomic mass is 10.1. The number of rotatable bonds is 6. The maximum absolute atomic E-state index is 6.75. The monoisotopic (exact) mass is 464 g/mol. The Morgan fingerprint density at radius 2 is 0.903 bits per heavy atom. The van der Waals surface area contributed by atoms with Gasteiger partial charge < -0.3 is 8.85 Å². The van der Waals surface area contributed by atoms with Crippen LogP contribution in [0.4, 0.5) is 0 Å². The zero-order valence-corrected chi connectivity index (χ0v) is 23.2. The number of fused-ring (bicyclic) bond motifs is 2. The predicted molar refractivity (Wildman–Crippen MR) is 141 cm³/mol. The summed E-state index contributed by atoms with van der Waals surface area (Å²) >= 11 is 0. The standard InChI is InChI=1S/C26H36O2Si3/c1-29(2,3)27-23-17-19-13-9-11-15-21(19)25(23)31(7,8)26-22-16-12-10-14-20(22)18-24(26)28-30(4,5)6/h9-18,25-26H,1-8H3/t25-,26?/m0/s1. The predicted octanol–water partition coefficient (Wildman–Crippen LogP) is 7.75. The van der Waals surface area contributed by atoms with E-state index in [1.807, 2.05) is 0 Å². The van der Waals surface area contributed by atoms with Crippen LogP contribution in [-0.2, 0) is 8.85 Å². The van der Waals surface area contributed by atoms with Gasteiger partial charge in [-0.05, 0) is 73.7 Å². The van der Waals surface area contributed by atoms with Crippen molar-refractivity contribution < 1.29 is 8.85 Å². The van der Waals surface area contributed by atoms with E-state index in [1.54, 1.807) is 0 Å². The van der Waals surface area contributed by atoms with Crippen LogP contribution in [0.3, 0.4) is 0 Å². The van der Waals surface area contributed by atoms with Crippen LogP contribution in [0.1, 0.15) is 33.3 Å². The fourth-order valence-corrected chi connectivity index (χ4v) is 11.4. The molecule has 0 saturated heterocycles. The Balaban J connectivity index is 1.83. The molecular formula is C26H36O2Si3. The Hall–Kier alpha value is -1.83. The average molecular weight is 465 g/mol. The first-order chi connectivity index (χ1) is 14.4. The summed E-state index contributed by atoms with van der Waals surface area (Å²) in [5, 5.41) is 0. The largest absolute Gasteiger partial charge is 0.547 e. The highest BCUT2D eigenvalue weighted by atomic mass is 28.4. The van der Waals surface area contributed by atoms with E-state index in [4.69, 9.17) is 8.85 Å². The van der Waals surface area contributed by atoms with Crippen molar-refractivity contribution in [3.8, 4) is 0 Å². The van der Waals surface area contributed by atoms with Gasteiger partial charge in [-0.2, -0.15) is 0 Å². The van der Waals surface area contributed by atoms with Gasteiger partial charge in [-0.15, -0.1) is 0 Å². The lowest BCUT2D eigenvalue weighted by Crippen LogP contribution is -2.45. The lowest BCUT2D eigenvalue weighted by molar-refractivity contribution is 0.399. The molecule has 31 heavy (non-hydrogen) atoms. The molecule has 0 aliphatic heterocycles. The Kier molecular flexibility index (Phi) is 5.51. The lowest BCUT2D eigenvalue weighted by Gasteiger charge is -2.41. The van der Waals surface area contributed by atoms with Crippen LogP contribution in [-0.4, -0.2) is 24.7 Å². The molecule has 0 heterocycles. The van der Waals surface area contributed by atoms with Crippen LogP contribution in [0.2, 0.25) is 52.4 Å². The van der Waals surface area contributed by atoms with Gasteiger partial charge in [-0.3, -0.25) is 0 Å². The summed E-state index contributed by atoms with van der Waals surface area (Å²) in [6.07, 6.45) is 4.63. The van der Waals surface area contributed by atoms with E-state index < -0.39 is 24.7 Å². The summed E-state index contributed by atoms with van der Waals surface area (Å²) in [4.78, 5) is 0. The highest BCUT2D eigenvalue weighted by molar-refractivity contribution is 6.82. The van der Waals surface area contributed by atoms with Gasteiger partial charge >= 0.3 is 0 Å². The molecular weight excluding hydrogens is 429 g/mol. The van der Waals surface area contributed by atoms with Gasteiger partial charge in [0.25, 0.3) is 0 Å². The fourth-order valence-electron chi connectivity index (χ4n) is 5.18. The van der Waals surface area contributed by atoms with Crippen LogP contribution in [0.5, 0.6) is 0 Å². The molecule has 0 bridgehead atoms. The molecule has 0 fully saturated rings. The molecule has 0 amide bonds. The van der Waals surface area contributed by atoms with E-state index in [9.17, 15) is 0 Å². The van der Waals surface area contributed by atoms with E-state index in [0.29, 0.717) is 11.1 Å². The fraction of sp³-hybridized carbons (Fsp3) is 0.385. The van der Waals surface area contributed by atoms with Gasteiger partial charge in [0.05, 0.1) is 19.6 Å². The third kappa shape index (κ3) is 4.41. The summed E-state index contributed by atoms with van der Waals surface area (Å²) in [6.45, 7) is 18.8. The average Bonchev–Trinajstić information content (AvgIpc) is 3.16. The van der Waals surface area contributed by atoms with Crippen molar-refractivity contribution in [2.24, 2.45) is 0 Å². The molecule has 2 aromatic carbocycles. The van der Waals surface area contributed by atoms with E-state index in [-0.39, 0.29) is 0 Å². The second-order valence-electron chi connectivity index (χ2n) is 11.5. The van der Waals surface area contributed by atoms with Crippen LogP contribution >= 0.6 is 0 Å². The van der Waals surface area contributed by atoms with Crippen LogP contribution in [0.25, 0.3) is 12.2 Å². The molecule has 0 radical (unpaired) electrons. The van der Waals surface area contributed by atoms with Crippen molar-refractivity contribution in [2.75, 3.05) is 0 Å². The Bertz CT molecular complexity index is 971. The number of hydrogen-bond acceptors (Lipinski definition) is 2. The number of hydrogen-bond donors (Lipinski definition) is 0. The topological polar surface area (TPSA) is 18.5 Å². The summed E-state index contributed by atoms with van der Waals surface area (Å²) in [7, 11) is -5.47. The quantitative estimate of drug-likeness (QED) is 0.407. The van der Waals surface area contributed by atoms with Crippen LogP contribution in [0.15, 0.2) is 60.0 Å². The molecule has 2 aliphatic carbocycles. The molecule has 2 nitrogen and oxygen atoms in total. The van der Waals surface area contributed by atoms with Crippen molar-refractivity contribution in [3.05, 3.63) is 82.3 Å². The highest BCUT2D eigenvalue weighted by Crippen LogP contribution is 2.53. The summed E-state index contributed by atoms with van der Waals surface area (Å²) in [5.74, 6) is 2.38. The van der Waals surface area contributed by atoms with Gasteiger partial charge in [0, 0.05) is 11.1 Å². The minimum Gasteiger partial charge on any atom is -0.547 e. The van der Waals surface area contributed by atoms with Gasteiger partial charge in [0.15, 0.2) is 0 Å². The Morgan fingerprint density at radius 3 is 1.26 bits per heavy atom. The summed E-state index contributed by atoms with van der Waals surface area (Å²) in [6, 6.07) is 17.8. The van der Waals surface area contributed by atoms with E-state index in [2.05, 4.69) is 113 Å². The van der Waals surface area contributed by atoms with Crippen LogP contribution in [0, 0.1) is 0 Å². The van der Waals surface area contributed by atoms with Crippen molar-refractivity contribution in [3.63, 3.8) is 0 Å². The summed E-state index contributed by atoms with van der Waals surface area (Å²) < 4.78 is 13.5. The SMILES string of the molecule is C[Si](C)(C)OC1=Cc2ccccc2C1[Si](C)(C)[C@@H]1C(O[Si](C)(C)C)=Cc2ccccc21. The number of benzene rings is 2. The molecule has 0 aromatic heterocycles. The second-order valence-corrected chi connectivity index (χ2v) is 25.1. The van der Waals surface area contributed by atoms with Gasteiger partial charge in [-0.25, -0.2) is 0 Å². The molecule has 1 unspecified atom stereocenters. The molecule has 2 aliphatic rings. The second kappa shape index (κ2) is 7.64. The first-order valence-electron chi connectivity index (χ1n) is 11.4. The van der Waals surface area contributed by atoms with Gasteiger partial charge in [0.2, 0.25) is 16.6 Å². The number of allylic oxidation sites excluding steroid dienone is 2. The molecule has 5 heteroatoms. The molecule has 4 rings (SSSR count).